The molecule has 0 aromatic rings. The third-order valence-corrected chi connectivity index (χ3v) is 7.77. The molecule has 0 radical (unpaired) electrons. The first-order valence-electron chi connectivity index (χ1n) is 10.7. The average molecular weight is 381 g/mol. The molecule has 3 aliphatic rings. The van der Waals surface area contributed by atoms with Crippen LogP contribution in [-0.2, 0) is 14.3 Å². The summed E-state index contributed by atoms with van der Waals surface area (Å²) >= 11 is 0. The predicted octanol–water partition coefficient (Wildman–Crippen LogP) is 5.41. The summed E-state index contributed by atoms with van der Waals surface area (Å²) in [5.41, 5.74) is 0.662. The Kier molecular flexibility index (Phi) is 5.79. The second-order valence-corrected chi connectivity index (χ2v) is 10.4. The summed E-state index contributed by atoms with van der Waals surface area (Å²) in [6.45, 7) is 9.51. The molecule has 3 rings (SSSR count). The second-order valence-electron chi connectivity index (χ2n) is 10.4. The van der Waals surface area contributed by atoms with Crippen molar-refractivity contribution in [2.24, 2.45) is 28.6 Å². The lowest BCUT2D eigenvalue weighted by molar-refractivity contribution is -0.143. The Morgan fingerprint density at radius 1 is 0.778 bits per heavy atom. The Labute approximate surface area is 163 Å². The van der Waals surface area contributed by atoms with Crippen LogP contribution < -0.4 is 0 Å². The van der Waals surface area contributed by atoms with Gasteiger partial charge in [-0.25, -0.2) is 4.79 Å². The lowest BCUT2D eigenvalue weighted by Crippen LogP contribution is -2.48. The topological polar surface area (TPSA) is 72.8 Å². The highest BCUT2D eigenvalue weighted by Crippen LogP contribution is 2.57. The van der Waals surface area contributed by atoms with Crippen molar-refractivity contribution in [2.45, 2.75) is 97.7 Å². The molecule has 0 bridgehead atoms. The molecule has 0 spiro atoms. The van der Waals surface area contributed by atoms with Crippen LogP contribution in [-0.4, -0.2) is 29.4 Å². The molecule has 3 atom stereocenters. The zero-order valence-corrected chi connectivity index (χ0v) is 17.3. The highest BCUT2D eigenvalue weighted by molar-refractivity contribution is 5.70. The summed E-state index contributed by atoms with van der Waals surface area (Å²) in [5, 5.41) is 9.06. The highest BCUT2D eigenvalue weighted by atomic mass is 16.7. The van der Waals surface area contributed by atoms with Crippen LogP contribution in [0.15, 0.2) is 0 Å². The number of fused-ring (bicyclic) bond motifs is 1. The van der Waals surface area contributed by atoms with Gasteiger partial charge in [-0.1, -0.05) is 27.7 Å². The lowest BCUT2D eigenvalue weighted by Gasteiger charge is -2.55. The second kappa shape index (κ2) is 7.63. The average Bonchev–Trinajstić information content (AvgIpc) is 2.59. The SMILES string of the molecule is CC1(C)CCC(C)(C)C2CC(OC(=O)OC3CCC(C(=O)O)CC3)CCC21. The van der Waals surface area contributed by atoms with Gasteiger partial charge in [0.05, 0.1) is 5.92 Å². The maximum Gasteiger partial charge on any atom is 0.508 e. The van der Waals surface area contributed by atoms with Crippen molar-refractivity contribution in [3.63, 3.8) is 0 Å². The number of carbonyl (C=O) groups excluding carboxylic acids is 1. The summed E-state index contributed by atoms with van der Waals surface area (Å²) in [6, 6.07) is 0. The van der Waals surface area contributed by atoms with Crippen LogP contribution in [0.25, 0.3) is 0 Å². The van der Waals surface area contributed by atoms with Crippen molar-refractivity contribution in [1.82, 2.24) is 0 Å². The van der Waals surface area contributed by atoms with E-state index in [1.54, 1.807) is 0 Å². The van der Waals surface area contributed by atoms with Crippen LogP contribution in [0.3, 0.4) is 0 Å². The van der Waals surface area contributed by atoms with Crippen LogP contribution in [0.5, 0.6) is 0 Å². The van der Waals surface area contributed by atoms with Gasteiger partial charge in [0.2, 0.25) is 0 Å². The zero-order valence-electron chi connectivity index (χ0n) is 17.3. The van der Waals surface area contributed by atoms with E-state index in [-0.39, 0.29) is 18.1 Å². The first-order valence-corrected chi connectivity index (χ1v) is 10.7. The number of rotatable bonds is 3. The third kappa shape index (κ3) is 4.60. The van der Waals surface area contributed by atoms with E-state index in [0.717, 1.165) is 19.3 Å². The largest absolute Gasteiger partial charge is 0.508 e. The van der Waals surface area contributed by atoms with Gasteiger partial charge >= 0.3 is 12.1 Å². The van der Waals surface area contributed by atoms with Crippen LogP contribution >= 0.6 is 0 Å². The van der Waals surface area contributed by atoms with E-state index >= 15 is 0 Å². The number of carboxylic acids is 1. The van der Waals surface area contributed by atoms with E-state index < -0.39 is 12.1 Å². The van der Waals surface area contributed by atoms with Crippen molar-refractivity contribution in [3.05, 3.63) is 0 Å². The molecule has 27 heavy (non-hydrogen) atoms. The van der Waals surface area contributed by atoms with Gasteiger partial charge in [0.1, 0.15) is 12.2 Å². The van der Waals surface area contributed by atoms with E-state index in [4.69, 9.17) is 14.6 Å². The van der Waals surface area contributed by atoms with Crippen LogP contribution in [0.1, 0.15) is 85.5 Å². The van der Waals surface area contributed by atoms with Crippen LogP contribution in [0.4, 0.5) is 4.79 Å². The monoisotopic (exact) mass is 380 g/mol. The summed E-state index contributed by atoms with van der Waals surface area (Å²) in [7, 11) is 0. The fourth-order valence-corrected chi connectivity index (χ4v) is 5.78. The highest BCUT2D eigenvalue weighted by Gasteiger charge is 2.50. The van der Waals surface area contributed by atoms with Crippen molar-refractivity contribution in [1.29, 1.82) is 0 Å². The Morgan fingerprint density at radius 3 is 1.89 bits per heavy atom. The maximum atomic E-state index is 12.3. The smallest absolute Gasteiger partial charge is 0.481 e. The van der Waals surface area contributed by atoms with Crippen LogP contribution in [0, 0.1) is 28.6 Å². The zero-order chi connectivity index (χ0) is 19.8. The van der Waals surface area contributed by atoms with Gasteiger partial charge < -0.3 is 14.6 Å². The standard InChI is InChI=1S/C22H36O5/c1-21(2)11-12-22(3,4)18-13-16(9-10-17(18)21)27-20(25)26-15-7-5-14(6-8-15)19(23)24/h14-18H,5-13H2,1-4H3,(H,23,24). The van der Waals surface area contributed by atoms with Gasteiger partial charge in [-0.3, -0.25) is 4.79 Å². The fraction of sp³-hybridized carbons (Fsp3) is 0.909. The van der Waals surface area contributed by atoms with Gasteiger partial charge in [0.15, 0.2) is 0 Å². The van der Waals surface area contributed by atoms with Crippen LogP contribution in [0.2, 0.25) is 0 Å². The number of aliphatic carboxylic acids is 1. The van der Waals surface area contributed by atoms with E-state index in [1.165, 1.54) is 12.8 Å². The quantitative estimate of drug-likeness (QED) is 0.662. The van der Waals surface area contributed by atoms with Crippen molar-refractivity contribution >= 4 is 12.1 Å². The van der Waals surface area contributed by atoms with Crippen molar-refractivity contribution < 1.29 is 24.2 Å². The van der Waals surface area contributed by atoms with E-state index in [0.29, 0.717) is 48.3 Å². The number of carbonyl (C=O) groups is 2. The summed E-state index contributed by atoms with van der Waals surface area (Å²) in [5.74, 6) is 0.237. The normalized spacial score (nSPS) is 37.7. The van der Waals surface area contributed by atoms with Crippen molar-refractivity contribution in [3.8, 4) is 0 Å². The number of carboxylic acid groups (broad SMARTS) is 1. The van der Waals surface area contributed by atoms with Gasteiger partial charge in [-0.2, -0.15) is 0 Å². The lowest BCUT2D eigenvalue weighted by atomic mass is 9.50. The summed E-state index contributed by atoms with van der Waals surface area (Å²) < 4.78 is 11.2. The molecule has 0 aromatic carbocycles. The molecule has 5 nitrogen and oxygen atoms in total. The van der Waals surface area contributed by atoms with E-state index in [9.17, 15) is 9.59 Å². The minimum atomic E-state index is -0.745. The minimum Gasteiger partial charge on any atom is -0.481 e. The number of hydrogen-bond donors (Lipinski definition) is 1. The van der Waals surface area contributed by atoms with E-state index in [2.05, 4.69) is 27.7 Å². The molecule has 3 aliphatic carbocycles. The maximum absolute atomic E-state index is 12.3. The van der Waals surface area contributed by atoms with Gasteiger partial charge in [-0.15, -0.1) is 0 Å². The first kappa shape index (κ1) is 20.5. The summed E-state index contributed by atoms with van der Waals surface area (Å²) in [4.78, 5) is 23.3. The predicted molar refractivity (Wildman–Crippen MR) is 102 cm³/mol. The molecule has 3 saturated carbocycles. The molecule has 0 amide bonds. The molecule has 0 heterocycles. The Morgan fingerprint density at radius 2 is 1.30 bits per heavy atom. The molecule has 3 fully saturated rings. The molecule has 1 N–H and O–H groups in total. The summed E-state index contributed by atoms with van der Waals surface area (Å²) in [6.07, 6.45) is 7.02. The molecule has 5 heteroatoms. The molecule has 0 aromatic heterocycles. The van der Waals surface area contributed by atoms with Gasteiger partial charge in [0.25, 0.3) is 0 Å². The number of ether oxygens (including phenoxy) is 2. The molecule has 0 saturated heterocycles. The molecule has 154 valence electrons. The molecular weight excluding hydrogens is 344 g/mol. The molecule has 3 unspecified atom stereocenters. The third-order valence-electron chi connectivity index (χ3n) is 7.77. The molecular formula is C22H36O5. The number of hydrogen-bond acceptors (Lipinski definition) is 4. The molecule has 0 aliphatic heterocycles. The first-order chi connectivity index (χ1) is 12.6. The Balaban J connectivity index is 1.50. The Hall–Kier alpha value is -1.26. The van der Waals surface area contributed by atoms with Gasteiger partial charge in [0, 0.05) is 0 Å². The fourth-order valence-electron chi connectivity index (χ4n) is 5.78. The van der Waals surface area contributed by atoms with E-state index in [1.807, 2.05) is 0 Å². The minimum absolute atomic E-state index is 0.0534. The van der Waals surface area contributed by atoms with Gasteiger partial charge in [-0.05, 0) is 80.5 Å². The Bertz CT molecular complexity index is 559. The van der Waals surface area contributed by atoms with Crippen molar-refractivity contribution in [2.75, 3.05) is 0 Å².